The normalized spacial score (nSPS) is 14.8. The molecule has 0 spiro atoms. The number of nitrogens with one attached hydrogen (secondary N) is 1. The second-order valence-electron chi connectivity index (χ2n) is 7.89. The number of methoxy groups -OCH3 is 1. The number of ether oxygens (including phenoxy) is 1. The van der Waals surface area contributed by atoms with E-state index in [-0.39, 0.29) is 12.1 Å². The van der Waals surface area contributed by atoms with Gasteiger partial charge in [-0.05, 0) is 31.0 Å². The van der Waals surface area contributed by atoms with Crippen LogP contribution in [0.3, 0.4) is 0 Å². The minimum absolute atomic E-state index is 0.00478. The van der Waals surface area contributed by atoms with Gasteiger partial charge in [-0.2, -0.15) is 5.10 Å². The lowest BCUT2D eigenvalue weighted by Gasteiger charge is -2.37. The van der Waals surface area contributed by atoms with Crippen LogP contribution in [0.1, 0.15) is 30.8 Å². The third-order valence-corrected chi connectivity index (χ3v) is 5.86. The zero-order valence-corrected chi connectivity index (χ0v) is 18.9. The van der Waals surface area contributed by atoms with Crippen LogP contribution in [0.15, 0.2) is 54.9 Å². The number of benzene rings is 2. The predicted molar refractivity (Wildman–Crippen MR) is 124 cm³/mol. The Bertz CT molecular complexity index is 1040. The molecule has 2 aromatic carbocycles. The van der Waals surface area contributed by atoms with Gasteiger partial charge in [0, 0.05) is 37.9 Å². The van der Waals surface area contributed by atoms with Gasteiger partial charge >= 0.3 is 6.03 Å². The molecule has 2 amide bonds. The second-order valence-corrected chi connectivity index (χ2v) is 7.89. The Hall–Kier alpha value is -3.55. The van der Waals surface area contributed by atoms with Crippen LogP contribution < -0.4 is 15.0 Å². The zero-order valence-electron chi connectivity index (χ0n) is 18.9. The van der Waals surface area contributed by atoms with Gasteiger partial charge in [0.25, 0.3) is 0 Å². The van der Waals surface area contributed by atoms with E-state index in [4.69, 9.17) is 4.74 Å². The van der Waals surface area contributed by atoms with Crippen molar-refractivity contribution in [2.75, 3.05) is 38.2 Å². The van der Waals surface area contributed by atoms with Crippen LogP contribution in [0.25, 0.3) is 5.69 Å². The molecule has 1 saturated heterocycles. The Morgan fingerprint density at radius 2 is 1.88 bits per heavy atom. The van der Waals surface area contributed by atoms with E-state index in [0.717, 1.165) is 42.2 Å². The fraction of sp³-hybridized carbons (Fsp3) is 0.375. The fourth-order valence-corrected chi connectivity index (χ4v) is 4.03. The van der Waals surface area contributed by atoms with E-state index >= 15 is 0 Å². The molecule has 1 N–H and O–H groups in total. The highest BCUT2D eigenvalue weighted by Gasteiger charge is 2.24. The Balaban J connectivity index is 1.38. The molecule has 8 heteroatoms. The number of hydrogen-bond acceptors (Lipinski definition) is 5. The average molecular weight is 435 g/mol. The molecule has 0 bridgehead atoms. The fourth-order valence-electron chi connectivity index (χ4n) is 4.03. The number of amides is 2. The maximum atomic E-state index is 12.8. The molecule has 3 aromatic rings. The number of carbonyl (C=O) groups is 1. The summed E-state index contributed by atoms with van der Waals surface area (Å²) in [6.45, 7) is 6.82. The highest BCUT2D eigenvalue weighted by molar-refractivity contribution is 5.75. The van der Waals surface area contributed by atoms with E-state index in [0.29, 0.717) is 18.9 Å². The first kappa shape index (κ1) is 21.7. The van der Waals surface area contributed by atoms with Crippen molar-refractivity contribution in [2.24, 2.45) is 0 Å². The summed E-state index contributed by atoms with van der Waals surface area (Å²) >= 11 is 0. The molecular formula is C24H30N6O2. The molecule has 32 heavy (non-hydrogen) atoms. The van der Waals surface area contributed by atoms with Crippen molar-refractivity contribution >= 4 is 11.7 Å². The Kier molecular flexibility index (Phi) is 6.58. The highest BCUT2D eigenvalue weighted by atomic mass is 16.5. The molecule has 0 aliphatic carbocycles. The number of anilines is 1. The van der Waals surface area contributed by atoms with Crippen molar-refractivity contribution in [1.29, 1.82) is 0 Å². The number of aryl methyl sites for hydroxylation is 1. The third-order valence-electron chi connectivity index (χ3n) is 5.86. The van der Waals surface area contributed by atoms with Crippen LogP contribution in [0.2, 0.25) is 0 Å². The van der Waals surface area contributed by atoms with E-state index in [9.17, 15) is 4.79 Å². The number of hydrogen-bond donors (Lipinski definition) is 1. The first-order chi connectivity index (χ1) is 15.6. The highest BCUT2D eigenvalue weighted by Crippen LogP contribution is 2.29. The molecule has 8 nitrogen and oxygen atoms in total. The van der Waals surface area contributed by atoms with E-state index in [2.05, 4.69) is 45.4 Å². The summed E-state index contributed by atoms with van der Waals surface area (Å²) in [7, 11) is 1.66. The number of piperazine rings is 1. The molecule has 168 valence electrons. The smallest absolute Gasteiger partial charge is 0.318 e. The maximum Gasteiger partial charge on any atom is 0.318 e. The molecule has 1 fully saturated rings. The largest absolute Gasteiger partial charge is 0.494 e. The second kappa shape index (κ2) is 9.72. The first-order valence-electron chi connectivity index (χ1n) is 11.0. The van der Waals surface area contributed by atoms with Crippen molar-refractivity contribution in [2.45, 2.75) is 26.3 Å². The lowest BCUT2D eigenvalue weighted by molar-refractivity contribution is 0.190. The van der Waals surface area contributed by atoms with E-state index in [1.54, 1.807) is 18.1 Å². The number of carbonyl (C=O) groups excluding carboxylic acids is 1. The minimum atomic E-state index is -0.00478. The molecule has 1 aliphatic rings. The van der Waals surface area contributed by atoms with Crippen LogP contribution in [0.4, 0.5) is 10.5 Å². The lowest BCUT2D eigenvalue weighted by Crippen LogP contribution is -2.52. The summed E-state index contributed by atoms with van der Waals surface area (Å²) in [5, 5.41) is 7.56. The van der Waals surface area contributed by atoms with Gasteiger partial charge in [0.1, 0.15) is 23.6 Å². The maximum absolute atomic E-state index is 12.8. The van der Waals surface area contributed by atoms with Crippen molar-refractivity contribution in [3.05, 3.63) is 66.2 Å². The summed E-state index contributed by atoms with van der Waals surface area (Å²) < 4.78 is 7.33. The molecule has 0 radical (unpaired) electrons. The van der Waals surface area contributed by atoms with E-state index < -0.39 is 0 Å². The van der Waals surface area contributed by atoms with Crippen molar-refractivity contribution in [3.8, 4) is 11.4 Å². The summed E-state index contributed by atoms with van der Waals surface area (Å²) in [6.07, 6.45) is 2.54. The van der Waals surface area contributed by atoms with E-state index in [1.807, 2.05) is 42.2 Å². The van der Waals surface area contributed by atoms with Gasteiger partial charge in [-0.1, -0.05) is 37.3 Å². The SMILES string of the molecule is CCC(NC(=O)N1CCN(c2ccc(-n3cnc(C)n3)c(OC)c2)CC1)c1ccccc1. The first-order valence-corrected chi connectivity index (χ1v) is 11.0. The standard InChI is InChI=1S/C24H30N6O2/c1-4-21(19-8-6-5-7-9-19)26-24(31)29-14-12-28(13-15-29)20-10-11-22(23(16-20)32-3)30-17-25-18(2)27-30/h5-11,16-17,21H,4,12-15H2,1-3H3,(H,26,31). The number of rotatable bonds is 6. The van der Waals surface area contributed by atoms with Crippen LogP contribution in [-0.2, 0) is 0 Å². The van der Waals surface area contributed by atoms with Crippen LogP contribution in [0, 0.1) is 6.92 Å². The minimum Gasteiger partial charge on any atom is -0.494 e. The molecule has 1 aliphatic heterocycles. The predicted octanol–water partition coefficient (Wildman–Crippen LogP) is 3.57. The Morgan fingerprint density at radius 1 is 1.12 bits per heavy atom. The molecule has 1 aromatic heterocycles. The lowest BCUT2D eigenvalue weighted by atomic mass is 10.1. The molecule has 4 rings (SSSR count). The molecule has 2 heterocycles. The molecule has 1 unspecified atom stereocenters. The summed E-state index contributed by atoms with van der Waals surface area (Å²) in [5.74, 6) is 1.45. The summed E-state index contributed by atoms with van der Waals surface area (Å²) in [4.78, 5) is 21.2. The third kappa shape index (κ3) is 4.69. The number of urea groups is 1. The zero-order chi connectivity index (χ0) is 22.5. The van der Waals surface area contributed by atoms with Crippen molar-refractivity contribution in [3.63, 3.8) is 0 Å². The quantitative estimate of drug-likeness (QED) is 0.642. The topological polar surface area (TPSA) is 75.5 Å². The van der Waals surface area contributed by atoms with Gasteiger partial charge in [-0.15, -0.1) is 0 Å². The van der Waals surface area contributed by atoms with Gasteiger partial charge in [0.2, 0.25) is 0 Å². The van der Waals surface area contributed by atoms with Crippen LogP contribution >= 0.6 is 0 Å². The van der Waals surface area contributed by atoms with Gasteiger partial charge in [-0.3, -0.25) is 0 Å². The number of aromatic nitrogens is 3. The van der Waals surface area contributed by atoms with Gasteiger partial charge in [0.15, 0.2) is 0 Å². The Morgan fingerprint density at radius 3 is 2.50 bits per heavy atom. The summed E-state index contributed by atoms with van der Waals surface area (Å²) in [6, 6.07) is 16.2. The van der Waals surface area contributed by atoms with Gasteiger partial charge in [0.05, 0.1) is 13.2 Å². The number of nitrogens with zero attached hydrogens (tertiary/aromatic N) is 5. The monoisotopic (exact) mass is 434 g/mol. The van der Waals surface area contributed by atoms with Gasteiger partial charge in [-0.25, -0.2) is 14.5 Å². The Labute approximate surface area is 188 Å². The van der Waals surface area contributed by atoms with Crippen molar-refractivity contribution in [1.82, 2.24) is 25.0 Å². The van der Waals surface area contributed by atoms with Crippen molar-refractivity contribution < 1.29 is 9.53 Å². The average Bonchev–Trinajstić information content (AvgIpc) is 3.28. The molecular weight excluding hydrogens is 404 g/mol. The summed E-state index contributed by atoms with van der Waals surface area (Å²) in [5.41, 5.74) is 3.05. The molecule has 0 saturated carbocycles. The van der Waals surface area contributed by atoms with Crippen LogP contribution in [0.5, 0.6) is 5.75 Å². The van der Waals surface area contributed by atoms with E-state index in [1.165, 1.54) is 0 Å². The van der Waals surface area contributed by atoms with Crippen LogP contribution in [-0.4, -0.2) is 59.0 Å². The molecule has 1 atom stereocenters. The van der Waals surface area contributed by atoms with Gasteiger partial charge < -0.3 is 19.9 Å².